The van der Waals surface area contributed by atoms with E-state index in [1.54, 1.807) is 17.2 Å². The lowest BCUT2D eigenvalue weighted by Crippen LogP contribution is -2.45. The number of aromatic carboxylic acids is 1. The van der Waals surface area contributed by atoms with Crippen molar-refractivity contribution in [3.8, 4) is 11.5 Å². The molecule has 0 saturated carbocycles. The number of carbonyl (C=O) groups is 2. The van der Waals surface area contributed by atoms with Gasteiger partial charge in [-0.05, 0) is 18.1 Å². The quantitative estimate of drug-likeness (QED) is 0.486. The lowest BCUT2D eigenvalue weighted by molar-refractivity contribution is -0.130. The maximum atomic E-state index is 12.6. The highest BCUT2D eigenvalue weighted by molar-refractivity contribution is 6.59. The molecule has 0 spiro atoms. The predicted molar refractivity (Wildman–Crippen MR) is 108 cm³/mol. The maximum absolute atomic E-state index is 12.6. The van der Waals surface area contributed by atoms with Crippen molar-refractivity contribution in [3.63, 3.8) is 0 Å². The van der Waals surface area contributed by atoms with Gasteiger partial charge in [-0.1, -0.05) is 18.5 Å². The molecule has 0 aromatic heterocycles. The number of ether oxygens (including phenoxy) is 1. The fourth-order valence-corrected chi connectivity index (χ4v) is 3.95. The first kappa shape index (κ1) is 20.4. The van der Waals surface area contributed by atoms with Gasteiger partial charge in [0.25, 0.3) is 0 Å². The maximum Gasteiger partial charge on any atom is 0.430 e. The number of aliphatic imine (C=N–C) groups is 1. The second-order valence-corrected chi connectivity index (χ2v) is 7.71. The molecular formula is C19H23BN3O7-. The van der Waals surface area contributed by atoms with Crippen LogP contribution in [0.15, 0.2) is 28.9 Å². The Labute approximate surface area is 172 Å². The largest absolute Gasteiger partial charge is 0.669 e. The molecule has 3 heterocycles. The van der Waals surface area contributed by atoms with Crippen molar-refractivity contribution < 1.29 is 34.1 Å². The van der Waals surface area contributed by atoms with E-state index in [1.807, 2.05) is 6.08 Å². The van der Waals surface area contributed by atoms with Crippen LogP contribution in [0.2, 0.25) is 6.32 Å². The number of nitrogens with zero attached hydrogens (tertiary/aromatic N) is 2. The summed E-state index contributed by atoms with van der Waals surface area (Å²) in [5.74, 6) is -1.59. The summed E-state index contributed by atoms with van der Waals surface area (Å²) >= 11 is 0. The zero-order valence-electron chi connectivity index (χ0n) is 16.2. The summed E-state index contributed by atoms with van der Waals surface area (Å²) in [7, 11) is 0. The van der Waals surface area contributed by atoms with Crippen molar-refractivity contribution in [1.29, 1.82) is 0 Å². The molecule has 3 aliphatic heterocycles. The van der Waals surface area contributed by atoms with E-state index in [-0.39, 0.29) is 42.3 Å². The molecule has 1 unspecified atom stereocenters. The Morgan fingerprint density at radius 3 is 2.87 bits per heavy atom. The van der Waals surface area contributed by atoms with Crippen molar-refractivity contribution in [1.82, 2.24) is 4.90 Å². The van der Waals surface area contributed by atoms with E-state index in [0.717, 1.165) is 0 Å². The second-order valence-electron chi connectivity index (χ2n) is 7.71. The number of allylic oxidation sites excluding steroid dienone is 1. The Balaban J connectivity index is 1.49. The van der Waals surface area contributed by atoms with Gasteiger partial charge < -0.3 is 35.2 Å². The van der Waals surface area contributed by atoms with Crippen LogP contribution in [0.25, 0.3) is 0 Å². The smallest absolute Gasteiger partial charge is 0.430 e. The molecule has 1 aromatic carbocycles. The molecule has 1 fully saturated rings. The molecule has 1 amide bonds. The van der Waals surface area contributed by atoms with Crippen LogP contribution >= 0.6 is 0 Å². The van der Waals surface area contributed by atoms with E-state index in [4.69, 9.17) is 15.1 Å². The average molecular weight is 416 g/mol. The van der Waals surface area contributed by atoms with Crippen molar-refractivity contribution in [2.24, 2.45) is 10.7 Å². The fourth-order valence-electron chi connectivity index (χ4n) is 3.95. The van der Waals surface area contributed by atoms with Gasteiger partial charge in [0.15, 0.2) is 0 Å². The molecule has 160 valence electrons. The first-order chi connectivity index (χ1) is 14.2. The summed E-state index contributed by atoms with van der Waals surface area (Å²) in [5.41, 5.74) is 6.87. The zero-order valence-corrected chi connectivity index (χ0v) is 16.2. The highest BCUT2D eigenvalue weighted by Gasteiger charge is 2.35. The summed E-state index contributed by atoms with van der Waals surface area (Å²) in [6.07, 6.45) is 4.51. The number of likely N-dealkylation sites (tertiary alicyclic amines) is 1. The third-order valence-electron chi connectivity index (χ3n) is 5.52. The number of benzene rings is 1. The highest BCUT2D eigenvalue weighted by atomic mass is 16.6. The number of carboxylic acids is 1. The van der Waals surface area contributed by atoms with Crippen molar-refractivity contribution in [2.75, 3.05) is 13.1 Å². The SMILES string of the molecule is NC(C(=O)N1CC[C@@H](Oc2ccc3c(c2C(=O)O)O[B-](O)(O)CC3)C1)C1=CCC=N1. The number of aryl methyl sites for hydroxylation is 1. The van der Waals surface area contributed by atoms with E-state index in [1.165, 1.54) is 6.07 Å². The summed E-state index contributed by atoms with van der Waals surface area (Å²) < 4.78 is 11.1. The van der Waals surface area contributed by atoms with Crippen LogP contribution in [-0.2, 0) is 11.2 Å². The van der Waals surface area contributed by atoms with Gasteiger partial charge in [0.05, 0.1) is 18.0 Å². The van der Waals surface area contributed by atoms with Crippen LogP contribution in [0.3, 0.4) is 0 Å². The first-order valence-electron chi connectivity index (χ1n) is 9.87. The summed E-state index contributed by atoms with van der Waals surface area (Å²) in [4.78, 5) is 30.2. The van der Waals surface area contributed by atoms with Gasteiger partial charge in [-0.2, -0.15) is 0 Å². The zero-order chi connectivity index (χ0) is 21.5. The van der Waals surface area contributed by atoms with Gasteiger partial charge in [-0.15, -0.1) is 0 Å². The average Bonchev–Trinajstić information content (AvgIpc) is 3.37. The summed E-state index contributed by atoms with van der Waals surface area (Å²) in [6, 6.07) is 2.36. The molecule has 11 heteroatoms. The van der Waals surface area contributed by atoms with Gasteiger partial charge in [0.1, 0.15) is 23.5 Å². The first-order valence-corrected chi connectivity index (χ1v) is 9.87. The number of amides is 1. The van der Waals surface area contributed by atoms with Gasteiger partial charge in [0.2, 0.25) is 5.91 Å². The number of hydrogen-bond acceptors (Lipinski definition) is 8. The molecule has 4 rings (SSSR count). The van der Waals surface area contributed by atoms with Crippen molar-refractivity contribution >= 4 is 24.8 Å². The Morgan fingerprint density at radius 2 is 2.17 bits per heavy atom. The number of rotatable bonds is 5. The lowest BCUT2D eigenvalue weighted by atomic mass is 9.70. The number of carbonyl (C=O) groups excluding carboxylic acids is 1. The molecule has 10 nitrogen and oxygen atoms in total. The molecular weight excluding hydrogens is 393 g/mol. The normalized spacial score (nSPS) is 22.8. The third kappa shape index (κ3) is 3.91. The van der Waals surface area contributed by atoms with Crippen LogP contribution in [0, 0.1) is 0 Å². The molecule has 5 N–H and O–H groups in total. The summed E-state index contributed by atoms with van der Waals surface area (Å²) in [6.45, 7) is -2.42. The van der Waals surface area contributed by atoms with E-state index >= 15 is 0 Å². The Hall–Kier alpha value is -2.89. The number of fused-ring (bicyclic) bond motifs is 1. The van der Waals surface area contributed by atoms with Crippen LogP contribution in [0.5, 0.6) is 11.5 Å². The van der Waals surface area contributed by atoms with Crippen LogP contribution in [0.1, 0.15) is 28.8 Å². The van der Waals surface area contributed by atoms with E-state index in [9.17, 15) is 24.7 Å². The molecule has 1 aromatic rings. The predicted octanol–water partition coefficient (Wildman–Crippen LogP) is -0.0914. The molecule has 0 bridgehead atoms. The van der Waals surface area contributed by atoms with E-state index in [2.05, 4.69) is 4.99 Å². The molecule has 3 aliphatic rings. The monoisotopic (exact) mass is 416 g/mol. The second kappa shape index (κ2) is 7.75. The minimum absolute atomic E-state index is 0.00725. The minimum atomic E-state index is -3.11. The van der Waals surface area contributed by atoms with Gasteiger partial charge in [-0.3, -0.25) is 9.79 Å². The van der Waals surface area contributed by atoms with E-state index < -0.39 is 24.9 Å². The van der Waals surface area contributed by atoms with Gasteiger partial charge >= 0.3 is 12.7 Å². The minimum Gasteiger partial charge on any atom is -0.669 e. The molecule has 1 saturated heterocycles. The lowest BCUT2D eigenvalue weighted by Gasteiger charge is -2.37. The van der Waals surface area contributed by atoms with Gasteiger partial charge in [0, 0.05) is 25.6 Å². The summed E-state index contributed by atoms with van der Waals surface area (Å²) in [5, 5.41) is 29.3. The van der Waals surface area contributed by atoms with Gasteiger partial charge in [-0.25, -0.2) is 4.79 Å². The molecule has 0 aliphatic carbocycles. The third-order valence-corrected chi connectivity index (χ3v) is 5.52. The topological polar surface area (TPSA) is 155 Å². The fraction of sp³-hybridized carbons (Fsp3) is 0.421. The highest BCUT2D eigenvalue weighted by Crippen LogP contribution is 2.39. The number of nitrogens with two attached hydrogens (primary N) is 1. The molecule has 0 radical (unpaired) electrons. The van der Waals surface area contributed by atoms with Crippen LogP contribution in [-0.4, -0.2) is 70.1 Å². The number of carboxylic acid groups (broad SMARTS) is 1. The van der Waals surface area contributed by atoms with E-state index in [0.29, 0.717) is 30.6 Å². The van der Waals surface area contributed by atoms with Crippen molar-refractivity contribution in [3.05, 3.63) is 35.0 Å². The standard InChI is InChI=1S/C19H23BN3O7/c21-16(13-2-1-8-22-13)18(24)23-9-6-12(10-23)29-14-4-3-11-5-7-20(27,28)30-17(11)15(14)19(25)26/h2-4,8,12,16,27-28H,1,5-7,9-10,21H2,(H,25,26)/q-1/t12-,16?/m1/s1. The molecule has 2 atom stereocenters. The molecule has 30 heavy (non-hydrogen) atoms. The van der Waals surface area contributed by atoms with Crippen LogP contribution in [0.4, 0.5) is 0 Å². The Bertz CT molecular complexity index is 946. The van der Waals surface area contributed by atoms with Crippen LogP contribution < -0.4 is 15.1 Å². The number of hydrogen-bond donors (Lipinski definition) is 4. The van der Waals surface area contributed by atoms with Crippen molar-refractivity contribution in [2.45, 2.75) is 37.7 Å². The Kier molecular flexibility index (Phi) is 5.26. The Morgan fingerprint density at radius 1 is 1.37 bits per heavy atom.